The zero-order valence-corrected chi connectivity index (χ0v) is 18.3. The highest BCUT2D eigenvalue weighted by atomic mass is 16.5. The van der Waals surface area contributed by atoms with Crippen LogP contribution in [0, 0.1) is 25.7 Å². The first-order valence-corrected chi connectivity index (χ1v) is 10.2. The van der Waals surface area contributed by atoms with Crippen LogP contribution in [0.3, 0.4) is 0 Å². The third-order valence-electron chi connectivity index (χ3n) is 6.09. The van der Waals surface area contributed by atoms with Crippen molar-refractivity contribution < 1.29 is 19.1 Å². The van der Waals surface area contributed by atoms with Gasteiger partial charge in [-0.25, -0.2) is 4.79 Å². The van der Waals surface area contributed by atoms with Crippen LogP contribution in [-0.2, 0) is 16.6 Å². The van der Waals surface area contributed by atoms with E-state index in [2.05, 4.69) is 13.8 Å². The smallest absolute Gasteiger partial charge is 0.354 e. The Morgan fingerprint density at radius 3 is 2.25 bits per heavy atom. The lowest BCUT2D eigenvalue weighted by Gasteiger charge is -2.35. The number of nitrogens with zero attached hydrogens (tertiary/aromatic N) is 2. The summed E-state index contributed by atoms with van der Waals surface area (Å²) >= 11 is 0. The molecule has 2 rings (SSSR count). The second kappa shape index (κ2) is 8.93. The Hall–Kier alpha value is -2.11. The molecule has 0 N–H and O–H groups in total. The van der Waals surface area contributed by atoms with E-state index in [1.165, 1.54) is 7.11 Å². The number of methoxy groups -OCH3 is 1. The van der Waals surface area contributed by atoms with Gasteiger partial charge in [0.25, 0.3) is 0 Å². The maximum absolute atomic E-state index is 13.4. The molecule has 1 aliphatic carbocycles. The minimum Gasteiger partial charge on any atom is -0.464 e. The fourth-order valence-corrected chi connectivity index (χ4v) is 3.86. The molecule has 1 amide bonds. The average molecular weight is 391 g/mol. The highest BCUT2D eigenvalue weighted by molar-refractivity contribution is 6.06. The standard InChI is InChI=1S/C22H34N2O4/c1-13(2)11-12-24(21(26)17-9-8-10-17)16(5)20(25)18-14(3)19(22(27)28-7)23(6)15(18)4/h13,16-17H,8-12H2,1-7H3. The van der Waals surface area contributed by atoms with E-state index in [0.717, 1.165) is 31.4 Å². The molecule has 156 valence electrons. The van der Waals surface area contributed by atoms with Crippen LogP contribution >= 0.6 is 0 Å². The Morgan fingerprint density at radius 1 is 1.18 bits per heavy atom. The molecule has 1 fully saturated rings. The third kappa shape index (κ3) is 4.15. The van der Waals surface area contributed by atoms with Crippen LogP contribution in [0.5, 0.6) is 0 Å². The van der Waals surface area contributed by atoms with Gasteiger partial charge in [-0.05, 0) is 51.5 Å². The van der Waals surface area contributed by atoms with Crippen LogP contribution in [0.15, 0.2) is 0 Å². The van der Waals surface area contributed by atoms with Crippen LogP contribution in [0.2, 0.25) is 0 Å². The van der Waals surface area contributed by atoms with Crippen molar-refractivity contribution in [3.05, 3.63) is 22.5 Å². The van der Waals surface area contributed by atoms with Gasteiger partial charge in [-0.15, -0.1) is 0 Å². The first kappa shape index (κ1) is 22.2. The SMILES string of the molecule is COC(=O)c1c(C)c(C(=O)C(C)N(CCC(C)C)C(=O)C2CCC2)c(C)n1C. The number of aromatic nitrogens is 1. The van der Waals surface area contributed by atoms with Gasteiger partial charge >= 0.3 is 5.97 Å². The number of esters is 1. The van der Waals surface area contributed by atoms with E-state index in [1.54, 1.807) is 23.4 Å². The zero-order chi connectivity index (χ0) is 21.2. The maximum Gasteiger partial charge on any atom is 0.354 e. The summed E-state index contributed by atoms with van der Waals surface area (Å²) < 4.78 is 6.58. The molecule has 6 nitrogen and oxygen atoms in total. The van der Waals surface area contributed by atoms with Crippen molar-refractivity contribution in [3.8, 4) is 0 Å². The summed E-state index contributed by atoms with van der Waals surface area (Å²) in [6, 6.07) is -0.558. The topological polar surface area (TPSA) is 68.6 Å². The Kier molecular flexibility index (Phi) is 7.07. The van der Waals surface area contributed by atoms with Crippen molar-refractivity contribution in [1.82, 2.24) is 9.47 Å². The second-order valence-corrected chi connectivity index (χ2v) is 8.37. The summed E-state index contributed by atoms with van der Waals surface area (Å²) in [5, 5.41) is 0. The van der Waals surface area contributed by atoms with Crippen molar-refractivity contribution in [2.24, 2.45) is 18.9 Å². The molecule has 0 radical (unpaired) electrons. The molecule has 1 unspecified atom stereocenters. The minimum absolute atomic E-state index is 0.0472. The quantitative estimate of drug-likeness (QED) is 0.502. The molecule has 1 heterocycles. The molecule has 1 aromatic rings. The molecule has 0 saturated heterocycles. The Morgan fingerprint density at radius 2 is 1.79 bits per heavy atom. The summed E-state index contributed by atoms with van der Waals surface area (Å²) in [7, 11) is 3.09. The summed E-state index contributed by atoms with van der Waals surface area (Å²) in [5.74, 6) is 0.0116. The Bertz CT molecular complexity index is 759. The number of hydrogen-bond acceptors (Lipinski definition) is 4. The molecular weight excluding hydrogens is 356 g/mol. The van der Waals surface area contributed by atoms with Gasteiger partial charge in [0, 0.05) is 30.8 Å². The molecule has 1 saturated carbocycles. The molecule has 1 aromatic heterocycles. The lowest BCUT2D eigenvalue weighted by Crippen LogP contribution is -2.48. The van der Waals surface area contributed by atoms with Crippen molar-refractivity contribution in [2.75, 3.05) is 13.7 Å². The van der Waals surface area contributed by atoms with Gasteiger partial charge in [0.05, 0.1) is 13.2 Å². The molecule has 0 aromatic carbocycles. The van der Waals surface area contributed by atoms with Crippen LogP contribution in [0.25, 0.3) is 0 Å². The van der Waals surface area contributed by atoms with E-state index < -0.39 is 12.0 Å². The van der Waals surface area contributed by atoms with E-state index in [0.29, 0.717) is 29.3 Å². The van der Waals surface area contributed by atoms with Crippen LogP contribution in [0.1, 0.15) is 78.6 Å². The van der Waals surface area contributed by atoms with Gasteiger partial charge in [-0.1, -0.05) is 20.3 Å². The molecule has 0 aliphatic heterocycles. The Labute approximate surface area is 168 Å². The lowest BCUT2D eigenvalue weighted by molar-refractivity contribution is -0.139. The van der Waals surface area contributed by atoms with E-state index in [4.69, 9.17) is 4.74 Å². The average Bonchev–Trinajstić information content (AvgIpc) is 2.81. The lowest BCUT2D eigenvalue weighted by atomic mass is 9.83. The summed E-state index contributed by atoms with van der Waals surface area (Å²) in [6.45, 7) is 10.2. The van der Waals surface area contributed by atoms with E-state index in [9.17, 15) is 14.4 Å². The van der Waals surface area contributed by atoms with Crippen LogP contribution < -0.4 is 0 Å². The van der Waals surface area contributed by atoms with E-state index in [1.807, 2.05) is 13.8 Å². The summed E-state index contributed by atoms with van der Waals surface area (Å²) in [4.78, 5) is 40.3. The fourth-order valence-electron chi connectivity index (χ4n) is 3.86. The van der Waals surface area contributed by atoms with Gasteiger partial charge in [0.2, 0.25) is 5.91 Å². The number of carbonyl (C=O) groups is 3. The summed E-state index contributed by atoms with van der Waals surface area (Å²) in [5.41, 5.74) is 2.24. The van der Waals surface area contributed by atoms with Crippen molar-refractivity contribution in [1.29, 1.82) is 0 Å². The van der Waals surface area contributed by atoms with Crippen LogP contribution in [-0.4, -0.2) is 46.8 Å². The molecule has 6 heteroatoms. The van der Waals surface area contributed by atoms with Crippen molar-refractivity contribution in [3.63, 3.8) is 0 Å². The van der Waals surface area contributed by atoms with Crippen molar-refractivity contribution in [2.45, 2.75) is 66.3 Å². The number of amides is 1. The van der Waals surface area contributed by atoms with Gasteiger partial charge < -0.3 is 14.2 Å². The van der Waals surface area contributed by atoms with Crippen molar-refractivity contribution >= 4 is 17.7 Å². The molecule has 28 heavy (non-hydrogen) atoms. The predicted octanol–water partition coefficient (Wildman–Crippen LogP) is 3.67. The van der Waals surface area contributed by atoms with E-state index >= 15 is 0 Å². The summed E-state index contributed by atoms with van der Waals surface area (Å²) in [6.07, 6.45) is 3.76. The van der Waals surface area contributed by atoms with Gasteiger partial charge in [-0.3, -0.25) is 9.59 Å². The first-order valence-electron chi connectivity index (χ1n) is 10.2. The number of ether oxygens (including phenoxy) is 1. The molecular formula is C22H34N2O4. The number of rotatable bonds is 8. The fraction of sp³-hybridized carbons (Fsp3) is 0.682. The minimum atomic E-state index is -0.558. The van der Waals surface area contributed by atoms with Gasteiger partial charge in [0.1, 0.15) is 5.69 Å². The number of carbonyl (C=O) groups excluding carboxylic acids is 3. The number of hydrogen-bond donors (Lipinski definition) is 0. The monoisotopic (exact) mass is 390 g/mol. The normalized spacial score (nSPS) is 15.3. The predicted molar refractivity (Wildman–Crippen MR) is 109 cm³/mol. The Balaban J connectivity index is 2.36. The first-order chi connectivity index (χ1) is 13.1. The largest absolute Gasteiger partial charge is 0.464 e. The van der Waals surface area contributed by atoms with Crippen LogP contribution in [0.4, 0.5) is 0 Å². The van der Waals surface area contributed by atoms with Gasteiger partial charge in [-0.2, -0.15) is 0 Å². The van der Waals surface area contributed by atoms with Gasteiger partial charge in [0.15, 0.2) is 5.78 Å². The second-order valence-electron chi connectivity index (χ2n) is 8.37. The maximum atomic E-state index is 13.4. The number of Topliss-reactive ketones (excluding diaryl/α,β-unsaturated/α-hetero) is 1. The molecule has 1 atom stereocenters. The molecule has 0 bridgehead atoms. The van der Waals surface area contributed by atoms with E-state index in [-0.39, 0.29) is 17.6 Å². The highest BCUT2D eigenvalue weighted by Gasteiger charge is 2.36. The number of ketones is 1. The molecule has 1 aliphatic rings. The molecule has 0 spiro atoms. The highest BCUT2D eigenvalue weighted by Crippen LogP contribution is 2.30. The third-order valence-corrected chi connectivity index (χ3v) is 6.09. The zero-order valence-electron chi connectivity index (χ0n) is 18.3.